The van der Waals surface area contributed by atoms with Crippen molar-refractivity contribution in [3.63, 3.8) is 0 Å². The molecule has 1 amide bonds. The first-order valence-corrected chi connectivity index (χ1v) is 6.88. The minimum atomic E-state index is -0.0955. The van der Waals surface area contributed by atoms with Gasteiger partial charge in [0, 0.05) is 12.1 Å². The fourth-order valence-corrected chi connectivity index (χ4v) is 2.05. The number of carbonyl (C=O) groups is 1. The van der Waals surface area contributed by atoms with Crippen LogP contribution in [0.4, 0.5) is 0 Å². The standard InChI is InChI=1S/C17H20N2O2/c1-12(14-7-9-16(21-2)10-8-14)19-17(20)15-5-3-13(11-18)4-6-15/h3-10,12H,11,18H2,1-2H3,(H,19,20)/t12-/m0/s1. The molecule has 0 saturated heterocycles. The molecule has 0 aliphatic rings. The molecule has 0 saturated carbocycles. The number of hydrogen-bond acceptors (Lipinski definition) is 3. The summed E-state index contributed by atoms with van der Waals surface area (Å²) in [6.07, 6.45) is 0. The van der Waals surface area contributed by atoms with E-state index in [0.29, 0.717) is 12.1 Å². The van der Waals surface area contributed by atoms with Crippen molar-refractivity contribution < 1.29 is 9.53 Å². The molecule has 2 rings (SSSR count). The molecule has 0 aliphatic heterocycles. The highest BCUT2D eigenvalue weighted by molar-refractivity contribution is 5.94. The van der Waals surface area contributed by atoms with Crippen molar-refractivity contribution in [1.82, 2.24) is 5.32 Å². The summed E-state index contributed by atoms with van der Waals surface area (Å²) in [5.41, 5.74) is 8.22. The third-order valence-electron chi connectivity index (χ3n) is 3.42. The second-order valence-corrected chi connectivity index (χ2v) is 4.87. The lowest BCUT2D eigenvalue weighted by Gasteiger charge is -2.15. The van der Waals surface area contributed by atoms with Crippen molar-refractivity contribution in [1.29, 1.82) is 0 Å². The number of nitrogens with one attached hydrogen (secondary N) is 1. The number of carbonyl (C=O) groups excluding carboxylic acids is 1. The summed E-state index contributed by atoms with van der Waals surface area (Å²) in [6.45, 7) is 2.43. The largest absolute Gasteiger partial charge is 0.497 e. The molecule has 21 heavy (non-hydrogen) atoms. The van der Waals surface area contributed by atoms with E-state index < -0.39 is 0 Å². The van der Waals surface area contributed by atoms with Crippen LogP contribution in [-0.2, 0) is 6.54 Å². The van der Waals surface area contributed by atoms with Gasteiger partial charge in [-0.05, 0) is 42.3 Å². The normalized spacial score (nSPS) is 11.8. The summed E-state index contributed by atoms with van der Waals surface area (Å²) >= 11 is 0. The van der Waals surface area contributed by atoms with Crippen LogP contribution in [0.5, 0.6) is 5.75 Å². The van der Waals surface area contributed by atoms with Gasteiger partial charge in [0.1, 0.15) is 5.75 Å². The number of rotatable bonds is 5. The van der Waals surface area contributed by atoms with E-state index in [-0.39, 0.29) is 11.9 Å². The Morgan fingerprint density at radius 1 is 1.14 bits per heavy atom. The van der Waals surface area contributed by atoms with Gasteiger partial charge in [0.05, 0.1) is 13.2 Å². The Morgan fingerprint density at radius 3 is 2.29 bits per heavy atom. The Bertz CT molecular complexity index is 591. The number of methoxy groups -OCH3 is 1. The SMILES string of the molecule is COc1ccc([C@H](C)NC(=O)c2ccc(CN)cc2)cc1. The van der Waals surface area contributed by atoms with Crippen LogP contribution in [0.2, 0.25) is 0 Å². The highest BCUT2D eigenvalue weighted by Crippen LogP contribution is 2.17. The predicted octanol–water partition coefficient (Wildman–Crippen LogP) is 2.64. The molecule has 4 nitrogen and oxygen atoms in total. The lowest BCUT2D eigenvalue weighted by molar-refractivity contribution is 0.0940. The minimum absolute atomic E-state index is 0.0717. The molecule has 0 fully saturated rings. The van der Waals surface area contributed by atoms with Crippen molar-refractivity contribution in [3.05, 3.63) is 65.2 Å². The minimum Gasteiger partial charge on any atom is -0.497 e. The zero-order valence-corrected chi connectivity index (χ0v) is 12.3. The van der Waals surface area contributed by atoms with E-state index >= 15 is 0 Å². The van der Waals surface area contributed by atoms with E-state index in [0.717, 1.165) is 16.9 Å². The average Bonchev–Trinajstić information content (AvgIpc) is 2.55. The topological polar surface area (TPSA) is 64.3 Å². The van der Waals surface area contributed by atoms with Crippen molar-refractivity contribution in [3.8, 4) is 5.75 Å². The van der Waals surface area contributed by atoms with Gasteiger partial charge in [0.25, 0.3) is 5.91 Å². The number of amides is 1. The summed E-state index contributed by atoms with van der Waals surface area (Å²) < 4.78 is 5.12. The second-order valence-electron chi connectivity index (χ2n) is 4.87. The third kappa shape index (κ3) is 3.83. The zero-order chi connectivity index (χ0) is 15.2. The van der Waals surface area contributed by atoms with Gasteiger partial charge in [-0.1, -0.05) is 24.3 Å². The summed E-state index contributed by atoms with van der Waals surface area (Å²) in [5, 5.41) is 2.98. The molecule has 4 heteroatoms. The lowest BCUT2D eigenvalue weighted by atomic mass is 10.1. The molecule has 0 spiro atoms. The van der Waals surface area contributed by atoms with Gasteiger partial charge in [0.15, 0.2) is 0 Å². The first-order chi connectivity index (χ1) is 10.1. The highest BCUT2D eigenvalue weighted by Gasteiger charge is 2.11. The molecule has 2 aromatic carbocycles. The average molecular weight is 284 g/mol. The van der Waals surface area contributed by atoms with Crippen LogP contribution in [0.1, 0.15) is 34.5 Å². The smallest absolute Gasteiger partial charge is 0.251 e. The van der Waals surface area contributed by atoms with Crippen LogP contribution in [-0.4, -0.2) is 13.0 Å². The molecular weight excluding hydrogens is 264 g/mol. The van der Waals surface area contributed by atoms with Gasteiger partial charge in [0.2, 0.25) is 0 Å². The van der Waals surface area contributed by atoms with Crippen molar-refractivity contribution in [2.45, 2.75) is 19.5 Å². The maximum absolute atomic E-state index is 12.2. The third-order valence-corrected chi connectivity index (χ3v) is 3.42. The maximum atomic E-state index is 12.2. The Balaban J connectivity index is 2.03. The summed E-state index contributed by atoms with van der Waals surface area (Å²) in [7, 11) is 1.63. The van der Waals surface area contributed by atoms with E-state index in [4.69, 9.17) is 10.5 Å². The fraction of sp³-hybridized carbons (Fsp3) is 0.235. The molecule has 2 aromatic rings. The molecule has 0 aliphatic carbocycles. The summed E-state index contributed by atoms with van der Waals surface area (Å²) in [5.74, 6) is 0.705. The summed E-state index contributed by atoms with van der Waals surface area (Å²) in [6, 6.07) is 14.9. The Morgan fingerprint density at radius 2 is 1.76 bits per heavy atom. The Labute approximate surface area is 124 Å². The van der Waals surface area contributed by atoms with Crippen LogP contribution in [0, 0.1) is 0 Å². The summed E-state index contributed by atoms with van der Waals surface area (Å²) in [4.78, 5) is 12.2. The molecule has 1 atom stereocenters. The van der Waals surface area contributed by atoms with Crippen LogP contribution in [0.15, 0.2) is 48.5 Å². The van der Waals surface area contributed by atoms with Crippen molar-refractivity contribution in [2.75, 3.05) is 7.11 Å². The zero-order valence-electron chi connectivity index (χ0n) is 12.3. The molecule has 3 N–H and O–H groups in total. The maximum Gasteiger partial charge on any atom is 0.251 e. The highest BCUT2D eigenvalue weighted by atomic mass is 16.5. The van der Waals surface area contributed by atoms with Gasteiger partial charge >= 0.3 is 0 Å². The monoisotopic (exact) mass is 284 g/mol. The van der Waals surface area contributed by atoms with E-state index in [1.165, 1.54) is 0 Å². The van der Waals surface area contributed by atoms with E-state index in [1.807, 2.05) is 43.3 Å². The number of benzene rings is 2. The lowest BCUT2D eigenvalue weighted by Crippen LogP contribution is -2.26. The second kappa shape index (κ2) is 6.90. The van der Waals surface area contributed by atoms with Crippen molar-refractivity contribution in [2.24, 2.45) is 5.73 Å². The van der Waals surface area contributed by atoms with E-state index in [2.05, 4.69) is 5.32 Å². The Hall–Kier alpha value is -2.33. The van der Waals surface area contributed by atoms with Crippen LogP contribution < -0.4 is 15.8 Å². The van der Waals surface area contributed by atoms with Crippen LogP contribution in [0.25, 0.3) is 0 Å². The van der Waals surface area contributed by atoms with Gasteiger partial charge in [-0.3, -0.25) is 4.79 Å². The van der Waals surface area contributed by atoms with Gasteiger partial charge in [-0.15, -0.1) is 0 Å². The number of nitrogens with two attached hydrogens (primary N) is 1. The fourth-order valence-electron chi connectivity index (χ4n) is 2.05. The predicted molar refractivity (Wildman–Crippen MR) is 83.2 cm³/mol. The molecule has 110 valence electrons. The number of ether oxygens (including phenoxy) is 1. The van der Waals surface area contributed by atoms with Gasteiger partial charge in [-0.25, -0.2) is 0 Å². The quantitative estimate of drug-likeness (QED) is 0.887. The van der Waals surface area contributed by atoms with E-state index in [9.17, 15) is 4.79 Å². The molecule has 0 unspecified atom stereocenters. The molecule has 0 radical (unpaired) electrons. The van der Waals surface area contributed by atoms with Gasteiger partial charge in [-0.2, -0.15) is 0 Å². The Kier molecular flexibility index (Phi) is 4.95. The molecular formula is C17H20N2O2. The molecule has 0 aromatic heterocycles. The van der Waals surface area contributed by atoms with Crippen molar-refractivity contribution >= 4 is 5.91 Å². The van der Waals surface area contributed by atoms with E-state index in [1.54, 1.807) is 19.2 Å². The first-order valence-electron chi connectivity index (χ1n) is 6.88. The van der Waals surface area contributed by atoms with Crippen LogP contribution >= 0.6 is 0 Å². The first kappa shape index (κ1) is 15.1. The molecule has 0 bridgehead atoms. The van der Waals surface area contributed by atoms with Crippen LogP contribution in [0.3, 0.4) is 0 Å². The number of hydrogen-bond donors (Lipinski definition) is 2. The molecule has 0 heterocycles. The van der Waals surface area contributed by atoms with Gasteiger partial charge < -0.3 is 15.8 Å².